The van der Waals surface area contributed by atoms with E-state index in [1.807, 2.05) is 6.92 Å². The number of halogens is 1. The summed E-state index contributed by atoms with van der Waals surface area (Å²) in [5.41, 5.74) is 2.08. The Kier molecular flexibility index (Phi) is 5.90. The molecule has 0 saturated carbocycles. The fourth-order valence-corrected chi connectivity index (χ4v) is 2.95. The first kappa shape index (κ1) is 18.7. The first-order chi connectivity index (χ1) is 13.0. The van der Waals surface area contributed by atoms with Crippen molar-refractivity contribution in [2.75, 3.05) is 25.0 Å². The summed E-state index contributed by atoms with van der Waals surface area (Å²) in [7, 11) is 0. The van der Waals surface area contributed by atoms with Crippen LogP contribution >= 0.6 is 0 Å². The number of fused-ring (bicyclic) bond motifs is 1. The molecule has 0 aliphatic carbocycles. The minimum Gasteiger partial charge on any atom is -0.491 e. The van der Waals surface area contributed by atoms with E-state index in [2.05, 4.69) is 10.6 Å². The van der Waals surface area contributed by atoms with Crippen LogP contribution in [0.3, 0.4) is 0 Å². The van der Waals surface area contributed by atoms with E-state index >= 15 is 0 Å². The quantitative estimate of drug-likeness (QED) is 0.868. The predicted molar refractivity (Wildman–Crippen MR) is 100 cm³/mol. The summed E-state index contributed by atoms with van der Waals surface area (Å²) in [6.07, 6.45) is 0.129. The van der Waals surface area contributed by atoms with Crippen LogP contribution in [0.25, 0.3) is 0 Å². The Morgan fingerprint density at radius 3 is 2.85 bits per heavy atom. The zero-order valence-electron chi connectivity index (χ0n) is 15.1. The maximum absolute atomic E-state index is 13.3. The lowest BCUT2D eigenvalue weighted by molar-refractivity contribution is -0.131. The molecule has 1 aliphatic rings. The van der Waals surface area contributed by atoms with E-state index in [9.17, 15) is 14.0 Å². The van der Waals surface area contributed by atoms with Gasteiger partial charge in [-0.1, -0.05) is 12.1 Å². The number of hydrogen-bond donors (Lipinski definition) is 2. The summed E-state index contributed by atoms with van der Waals surface area (Å²) in [6.45, 7) is 3.57. The molecule has 0 atom stereocenters. The Morgan fingerprint density at radius 1 is 1.22 bits per heavy atom. The molecule has 1 heterocycles. The number of urea groups is 1. The third-order valence-corrected chi connectivity index (χ3v) is 4.23. The van der Waals surface area contributed by atoms with Gasteiger partial charge in [0.05, 0.1) is 13.0 Å². The van der Waals surface area contributed by atoms with Crippen LogP contribution in [0.2, 0.25) is 0 Å². The maximum atomic E-state index is 13.3. The summed E-state index contributed by atoms with van der Waals surface area (Å²) >= 11 is 0. The summed E-state index contributed by atoms with van der Waals surface area (Å²) in [5.74, 6) is 0.238. The summed E-state index contributed by atoms with van der Waals surface area (Å²) in [4.78, 5) is 26.0. The highest BCUT2D eigenvalue weighted by Crippen LogP contribution is 2.27. The second kappa shape index (κ2) is 8.53. The molecule has 0 spiro atoms. The molecule has 0 fully saturated rings. The van der Waals surface area contributed by atoms with Gasteiger partial charge in [-0.15, -0.1) is 0 Å². The van der Waals surface area contributed by atoms with E-state index in [1.165, 1.54) is 12.1 Å². The number of benzene rings is 2. The molecule has 0 radical (unpaired) electrons. The van der Waals surface area contributed by atoms with Crippen LogP contribution in [-0.2, 0) is 17.8 Å². The van der Waals surface area contributed by atoms with Crippen molar-refractivity contribution < 1.29 is 18.7 Å². The van der Waals surface area contributed by atoms with Crippen LogP contribution < -0.4 is 15.4 Å². The molecule has 6 nitrogen and oxygen atoms in total. The highest BCUT2D eigenvalue weighted by molar-refractivity contribution is 5.89. The molecule has 0 unspecified atom stereocenters. The van der Waals surface area contributed by atoms with Crippen molar-refractivity contribution in [3.8, 4) is 5.75 Å². The van der Waals surface area contributed by atoms with Gasteiger partial charge in [-0.25, -0.2) is 9.18 Å². The lowest BCUT2D eigenvalue weighted by atomic mass is 10.1. The Hall–Kier alpha value is -3.09. The predicted octanol–water partition coefficient (Wildman–Crippen LogP) is 2.93. The highest BCUT2D eigenvalue weighted by atomic mass is 19.1. The zero-order valence-corrected chi connectivity index (χ0v) is 15.1. The van der Waals surface area contributed by atoms with E-state index in [-0.39, 0.29) is 24.2 Å². The van der Waals surface area contributed by atoms with Crippen LogP contribution in [-0.4, -0.2) is 36.5 Å². The average Bonchev–Trinajstić information content (AvgIpc) is 2.84. The lowest BCUT2D eigenvalue weighted by Gasteiger charge is -2.20. The fraction of sp³-hybridized carbons (Fsp3) is 0.300. The second-order valence-corrected chi connectivity index (χ2v) is 6.28. The molecule has 0 aromatic heterocycles. The minimum absolute atomic E-state index is 0.0980. The Bertz CT molecular complexity index is 841. The van der Waals surface area contributed by atoms with Gasteiger partial charge in [-0.05, 0) is 42.8 Å². The molecular formula is C20H22FN3O3. The van der Waals surface area contributed by atoms with E-state index in [4.69, 9.17) is 4.74 Å². The molecular weight excluding hydrogens is 349 g/mol. The van der Waals surface area contributed by atoms with E-state index < -0.39 is 0 Å². The van der Waals surface area contributed by atoms with E-state index in [0.717, 1.165) is 5.56 Å². The van der Waals surface area contributed by atoms with Crippen molar-refractivity contribution in [3.63, 3.8) is 0 Å². The largest absolute Gasteiger partial charge is 0.491 e. The van der Waals surface area contributed by atoms with Crippen molar-refractivity contribution >= 4 is 17.6 Å². The van der Waals surface area contributed by atoms with Gasteiger partial charge in [0, 0.05) is 24.3 Å². The van der Waals surface area contributed by atoms with Crippen LogP contribution in [0.1, 0.15) is 18.1 Å². The SMILES string of the molecule is CCNC(=O)Nc1ccc2c(c1)CN(C(=O)Cc1cccc(F)c1)CCO2. The molecule has 27 heavy (non-hydrogen) atoms. The van der Waals surface area contributed by atoms with Gasteiger partial charge in [-0.3, -0.25) is 4.79 Å². The van der Waals surface area contributed by atoms with E-state index in [0.29, 0.717) is 43.2 Å². The monoisotopic (exact) mass is 371 g/mol. The van der Waals surface area contributed by atoms with Crippen molar-refractivity contribution in [2.45, 2.75) is 19.9 Å². The molecule has 7 heteroatoms. The number of hydrogen-bond acceptors (Lipinski definition) is 3. The number of carbonyl (C=O) groups is 2. The minimum atomic E-state index is -0.356. The molecule has 142 valence electrons. The van der Waals surface area contributed by atoms with Gasteiger partial charge in [0.2, 0.25) is 5.91 Å². The molecule has 3 amide bonds. The van der Waals surface area contributed by atoms with Crippen LogP contribution in [0.15, 0.2) is 42.5 Å². The highest BCUT2D eigenvalue weighted by Gasteiger charge is 2.20. The molecule has 0 bridgehead atoms. The molecule has 2 aromatic carbocycles. The summed E-state index contributed by atoms with van der Waals surface area (Å²) in [6, 6.07) is 11.1. The van der Waals surface area contributed by atoms with Crippen molar-refractivity contribution in [3.05, 3.63) is 59.4 Å². The van der Waals surface area contributed by atoms with E-state index in [1.54, 1.807) is 35.2 Å². The maximum Gasteiger partial charge on any atom is 0.319 e. The van der Waals surface area contributed by atoms with Gasteiger partial charge in [0.15, 0.2) is 0 Å². The van der Waals surface area contributed by atoms with Crippen LogP contribution in [0, 0.1) is 5.82 Å². The number of nitrogens with zero attached hydrogens (tertiary/aromatic N) is 1. The Balaban J connectivity index is 1.72. The number of amides is 3. The number of anilines is 1. The van der Waals surface area contributed by atoms with Crippen LogP contribution in [0.4, 0.5) is 14.9 Å². The molecule has 1 aliphatic heterocycles. The van der Waals surface area contributed by atoms with Gasteiger partial charge >= 0.3 is 6.03 Å². The number of ether oxygens (including phenoxy) is 1. The number of rotatable bonds is 4. The van der Waals surface area contributed by atoms with Gasteiger partial charge in [-0.2, -0.15) is 0 Å². The topological polar surface area (TPSA) is 70.7 Å². The van der Waals surface area contributed by atoms with Crippen molar-refractivity contribution in [1.29, 1.82) is 0 Å². The normalized spacial score (nSPS) is 13.2. The Labute approximate surface area is 157 Å². The first-order valence-corrected chi connectivity index (χ1v) is 8.88. The summed E-state index contributed by atoms with van der Waals surface area (Å²) in [5, 5.41) is 5.42. The third kappa shape index (κ3) is 4.97. The number of carbonyl (C=O) groups excluding carboxylic acids is 2. The Morgan fingerprint density at radius 2 is 2.07 bits per heavy atom. The van der Waals surface area contributed by atoms with Gasteiger partial charge in [0.25, 0.3) is 0 Å². The zero-order chi connectivity index (χ0) is 19.2. The van der Waals surface area contributed by atoms with Gasteiger partial charge in [0.1, 0.15) is 18.2 Å². The number of nitrogens with one attached hydrogen (secondary N) is 2. The smallest absolute Gasteiger partial charge is 0.319 e. The molecule has 0 saturated heterocycles. The second-order valence-electron chi connectivity index (χ2n) is 6.28. The van der Waals surface area contributed by atoms with Crippen LogP contribution in [0.5, 0.6) is 5.75 Å². The average molecular weight is 371 g/mol. The molecule has 2 aromatic rings. The molecule has 2 N–H and O–H groups in total. The standard InChI is InChI=1S/C20H22FN3O3/c1-2-22-20(26)23-17-6-7-18-15(12-17)13-24(8-9-27-18)19(25)11-14-4-3-5-16(21)10-14/h3-7,10,12H,2,8-9,11,13H2,1H3,(H2,22,23,26). The molecule has 3 rings (SSSR count). The van der Waals surface area contributed by atoms with Crippen molar-refractivity contribution in [2.24, 2.45) is 0 Å². The summed E-state index contributed by atoms with van der Waals surface area (Å²) < 4.78 is 19.1. The fourth-order valence-electron chi connectivity index (χ4n) is 2.95. The lowest BCUT2D eigenvalue weighted by Crippen LogP contribution is -2.33. The third-order valence-electron chi connectivity index (χ3n) is 4.23. The van der Waals surface area contributed by atoms with Crippen molar-refractivity contribution in [1.82, 2.24) is 10.2 Å². The first-order valence-electron chi connectivity index (χ1n) is 8.88. The van der Waals surface area contributed by atoms with Gasteiger partial charge < -0.3 is 20.3 Å².